The van der Waals surface area contributed by atoms with Crippen molar-refractivity contribution in [3.8, 4) is 0 Å². The zero-order chi connectivity index (χ0) is 10.8. The Morgan fingerprint density at radius 1 is 1.38 bits per heavy atom. The van der Waals surface area contributed by atoms with Gasteiger partial charge in [-0.3, -0.25) is 4.40 Å². The molecule has 1 aliphatic heterocycles. The molecule has 1 aliphatic rings. The second kappa shape index (κ2) is 4.19. The molecule has 0 amide bonds. The van der Waals surface area contributed by atoms with Crippen LogP contribution in [0.15, 0.2) is 24.4 Å². The number of rotatable bonds is 4. The predicted octanol–water partition coefficient (Wildman–Crippen LogP) is -0.167. The fourth-order valence-electron chi connectivity index (χ4n) is 1.88. The average molecular weight is 217 g/mol. The molecule has 16 heavy (non-hydrogen) atoms. The number of nitrogens with zero attached hydrogens (tertiary/aromatic N) is 3. The van der Waals surface area contributed by atoms with E-state index in [0.29, 0.717) is 6.04 Å². The highest BCUT2D eigenvalue weighted by atomic mass is 15.2. The van der Waals surface area contributed by atoms with E-state index >= 15 is 0 Å². The maximum absolute atomic E-state index is 4.19. The van der Waals surface area contributed by atoms with Crippen molar-refractivity contribution < 1.29 is 0 Å². The number of hydrogen-bond acceptors (Lipinski definition) is 4. The van der Waals surface area contributed by atoms with Crippen molar-refractivity contribution >= 4 is 5.65 Å². The third-order valence-corrected chi connectivity index (χ3v) is 2.95. The topological polar surface area (TPSA) is 54.2 Å². The molecule has 3 rings (SSSR count). The van der Waals surface area contributed by atoms with Gasteiger partial charge in [0.05, 0.1) is 0 Å². The molecule has 5 heteroatoms. The fraction of sp³-hybridized carbons (Fsp3) is 0.455. The summed E-state index contributed by atoms with van der Waals surface area (Å²) >= 11 is 0. The van der Waals surface area contributed by atoms with Gasteiger partial charge in [-0.05, 0) is 12.1 Å². The first-order valence-electron chi connectivity index (χ1n) is 5.66. The van der Waals surface area contributed by atoms with E-state index in [1.54, 1.807) is 0 Å². The van der Waals surface area contributed by atoms with Crippen molar-refractivity contribution in [2.24, 2.45) is 0 Å². The van der Waals surface area contributed by atoms with Gasteiger partial charge in [0.15, 0.2) is 5.65 Å². The maximum atomic E-state index is 4.19. The highest BCUT2D eigenvalue weighted by Gasteiger charge is 2.15. The zero-order valence-corrected chi connectivity index (χ0v) is 9.06. The third kappa shape index (κ3) is 1.79. The van der Waals surface area contributed by atoms with Crippen LogP contribution in [0.1, 0.15) is 5.82 Å². The molecule has 2 N–H and O–H groups in total. The van der Waals surface area contributed by atoms with Gasteiger partial charge in [0.25, 0.3) is 0 Å². The Morgan fingerprint density at radius 3 is 3.12 bits per heavy atom. The minimum absolute atomic E-state index is 0.638. The number of pyridine rings is 1. The minimum Gasteiger partial charge on any atom is -0.314 e. The molecule has 2 aromatic heterocycles. The summed E-state index contributed by atoms with van der Waals surface area (Å²) in [4.78, 5) is 0. The highest BCUT2D eigenvalue weighted by molar-refractivity contribution is 5.36. The Morgan fingerprint density at radius 2 is 2.31 bits per heavy atom. The van der Waals surface area contributed by atoms with E-state index in [4.69, 9.17) is 0 Å². The van der Waals surface area contributed by atoms with E-state index in [1.807, 2.05) is 28.8 Å². The molecule has 0 atom stereocenters. The molecule has 1 saturated heterocycles. The molecule has 2 aromatic rings. The minimum atomic E-state index is 0.638. The molecule has 3 heterocycles. The van der Waals surface area contributed by atoms with E-state index < -0.39 is 0 Å². The van der Waals surface area contributed by atoms with Crippen LogP contribution in [0.2, 0.25) is 0 Å². The van der Waals surface area contributed by atoms with Crippen molar-refractivity contribution in [2.45, 2.75) is 12.5 Å². The Balaban J connectivity index is 1.64. The van der Waals surface area contributed by atoms with Crippen LogP contribution in [0.3, 0.4) is 0 Å². The summed E-state index contributed by atoms with van der Waals surface area (Å²) in [7, 11) is 0. The first-order valence-corrected chi connectivity index (χ1v) is 5.66. The molecule has 0 unspecified atom stereocenters. The number of fused-ring (bicyclic) bond motifs is 1. The van der Waals surface area contributed by atoms with Crippen molar-refractivity contribution in [3.05, 3.63) is 30.2 Å². The molecule has 0 saturated carbocycles. The lowest BCUT2D eigenvalue weighted by atomic mass is 10.2. The SMILES string of the molecule is c1ccn2c(CCNC3CNC3)nnc2c1. The van der Waals surface area contributed by atoms with Gasteiger partial charge in [-0.1, -0.05) is 6.07 Å². The van der Waals surface area contributed by atoms with Crippen LogP contribution in [0.5, 0.6) is 0 Å². The van der Waals surface area contributed by atoms with Crippen LogP contribution >= 0.6 is 0 Å². The third-order valence-electron chi connectivity index (χ3n) is 2.95. The van der Waals surface area contributed by atoms with E-state index in [9.17, 15) is 0 Å². The summed E-state index contributed by atoms with van der Waals surface area (Å²) in [5.41, 5.74) is 0.919. The Bertz CT molecular complexity index is 474. The normalized spacial score (nSPS) is 16.5. The summed E-state index contributed by atoms with van der Waals surface area (Å²) in [6.07, 6.45) is 2.93. The second-order valence-electron chi connectivity index (χ2n) is 4.10. The van der Waals surface area contributed by atoms with Gasteiger partial charge in [-0.25, -0.2) is 0 Å². The molecule has 0 radical (unpaired) electrons. The molecule has 84 valence electrons. The van der Waals surface area contributed by atoms with E-state index in [-0.39, 0.29) is 0 Å². The Hall–Kier alpha value is -1.46. The summed E-state index contributed by atoms with van der Waals surface area (Å²) in [6.45, 7) is 3.13. The largest absolute Gasteiger partial charge is 0.314 e. The van der Waals surface area contributed by atoms with Gasteiger partial charge in [0, 0.05) is 38.3 Å². The lowest BCUT2D eigenvalue weighted by Crippen LogP contribution is -2.55. The summed E-state index contributed by atoms with van der Waals surface area (Å²) < 4.78 is 2.04. The molecule has 0 aromatic carbocycles. The fourth-order valence-corrected chi connectivity index (χ4v) is 1.88. The molecule has 0 aliphatic carbocycles. The van der Waals surface area contributed by atoms with E-state index in [1.165, 1.54) is 0 Å². The van der Waals surface area contributed by atoms with Crippen LogP contribution < -0.4 is 10.6 Å². The first-order chi connectivity index (χ1) is 7.93. The van der Waals surface area contributed by atoms with Crippen LogP contribution in [0.25, 0.3) is 5.65 Å². The quantitative estimate of drug-likeness (QED) is 0.747. The summed E-state index contributed by atoms with van der Waals surface area (Å²) in [5.74, 6) is 1.02. The van der Waals surface area contributed by atoms with Crippen LogP contribution in [-0.4, -0.2) is 40.3 Å². The zero-order valence-electron chi connectivity index (χ0n) is 9.06. The van der Waals surface area contributed by atoms with Crippen LogP contribution in [-0.2, 0) is 6.42 Å². The van der Waals surface area contributed by atoms with Gasteiger partial charge in [-0.15, -0.1) is 10.2 Å². The van der Waals surface area contributed by atoms with Crippen molar-refractivity contribution in [1.29, 1.82) is 0 Å². The van der Waals surface area contributed by atoms with Gasteiger partial charge >= 0.3 is 0 Å². The van der Waals surface area contributed by atoms with E-state index in [2.05, 4.69) is 20.8 Å². The number of aromatic nitrogens is 3. The maximum Gasteiger partial charge on any atom is 0.160 e. The molecule has 1 fully saturated rings. The summed E-state index contributed by atoms with van der Waals surface area (Å²) in [5, 5.41) is 15.0. The number of nitrogens with one attached hydrogen (secondary N) is 2. The Labute approximate surface area is 93.9 Å². The first kappa shape index (κ1) is 9.74. The average Bonchev–Trinajstić information content (AvgIpc) is 2.65. The van der Waals surface area contributed by atoms with Crippen molar-refractivity contribution in [3.63, 3.8) is 0 Å². The van der Waals surface area contributed by atoms with Crippen LogP contribution in [0.4, 0.5) is 0 Å². The standard InChI is InChI=1S/C11H15N5/c1-2-6-16-10(3-1)14-15-11(16)4-5-13-9-7-12-8-9/h1-3,6,9,12-13H,4-5,7-8H2. The Kier molecular flexibility index (Phi) is 2.55. The molecule has 5 nitrogen and oxygen atoms in total. The van der Waals surface area contributed by atoms with Crippen LogP contribution in [0, 0.1) is 0 Å². The van der Waals surface area contributed by atoms with Crippen molar-refractivity contribution in [1.82, 2.24) is 25.2 Å². The highest BCUT2D eigenvalue weighted by Crippen LogP contribution is 2.03. The molecular weight excluding hydrogens is 202 g/mol. The smallest absolute Gasteiger partial charge is 0.160 e. The van der Waals surface area contributed by atoms with Gasteiger partial charge in [0.2, 0.25) is 0 Å². The number of hydrogen-bond donors (Lipinski definition) is 2. The van der Waals surface area contributed by atoms with Gasteiger partial charge < -0.3 is 10.6 Å². The molecular formula is C11H15N5. The summed E-state index contributed by atoms with van der Waals surface area (Å²) in [6, 6.07) is 6.59. The lowest BCUT2D eigenvalue weighted by Gasteiger charge is -2.27. The lowest BCUT2D eigenvalue weighted by molar-refractivity contribution is 0.368. The van der Waals surface area contributed by atoms with Gasteiger partial charge in [-0.2, -0.15) is 0 Å². The monoisotopic (exact) mass is 217 g/mol. The second-order valence-corrected chi connectivity index (χ2v) is 4.10. The van der Waals surface area contributed by atoms with Crippen molar-refractivity contribution in [2.75, 3.05) is 19.6 Å². The molecule has 0 bridgehead atoms. The van der Waals surface area contributed by atoms with Gasteiger partial charge in [0.1, 0.15) is 5.82 Å². The van der Waals surface area contributed by atoms with E-state index in [0.717, 1.165) is 37.5 Å². The predicted molar refractivity (Wildman–Crippen MR) is 61.4 cm³/mol. The molecule has 0 spiro atoms.